The second kappa shape index (κ2) is 6.81. The standard InChI is InChI=1S/C22H19NO2/c24-22(23-14-13-18-9-4-5-12-21(18)23)19-10-6-11-20(15-19)25-16-17-7-2-1-3-8-17/h1-12,15H,13-14,16H2. The van der Waals surface area contributed by atoms with E-state index >= 15 is 0 Å². The molecule has 0 saturated carbocycles. The smallest absolute Gasteiger partial charge is 0.258 e. The van der Waals surface area contributed by atoms with E-state index in [0.29, 0.717) is 17.9 Å². The SMILES string of the molecule is O=C(c1cccc(OCc2ccccc2)c1)N1CCc2ccccc21. The van der Waals surface area contributed by atoms with Crippen LogP contribution in [0.25, 0.3) is 0 Å². The fraction of sp³-hybridized carbons (Fsp3) is 0.136. The average Bonchev–Trinajstić information content (AvgIpc) is 3.11. The Morgan fingerprint density at radius 1 is 0.920 bits per heavy atom. The first-order valence-electron chi connectivity index (χ1n) is 8.48. The number of carbonyl (C=O) groups is 1. The molecule has 1 aliphatic heterocycles. The van der Waals surface area contributed by atoms with E-state index in [1.54, 1.807) is 0 Å². The molecule has 0 unspecified atom stereocenters. The first kappa shape index (κ1) is 15.5. The summed E-state index contributed by atoms with van der Waals surface area (Å²) >= 11 is 0. The van der Waals surface area contributed by atoms with E-state index in [2.05, 4.69) is 6.07 Å². The van der Waals surface area contributed by atoms with Gasteiger partial charge in [0.2, 0.25) is 0 Å². The van der Waals surface area contributed by atoms with Gasteiger partial charge in [-0.2, -0.15) is 0 Å². The lowest BCUT2D eigenvalue weighted by atomic mass is 10.1. The van der Waals surface area contributed by atoms with E-state index in [1.807, 2.05) is 77.7 Å². The number of amides is 1. The van der Waals surface area contributed by atoms with Gasteiger partial charge in [0.1, 0.15) is 12.4 Å². The number of hydrogen-bond acceptors (Lipinski definition) is 2. The van der Waals surface area contributed by atoms with Gasteiger partial charge in [-0.3, -0.25) is 4.79 Å². The van der Waals surface area contributed by atoms with Crippen LogP contribution in [0.15, 0.2) is 78.9 Å². The summed E-state index contributed by atoms with van der Waals surface area (Å²) in [6.45, 7) is 1.22. The molecule has 4 rings (SSSR count). The van der Waals surface area contributed by atoms with Crippen LogP contribution in [0.2, 0.25) is 0 Å². The van der Waals surface area contributed by atoms with Gasteiger partial charge in [0.05, 0.1) is 0 Å². The van der Waals surface area contributed by atoms with Crippen LogP contribution in [0, 0.1) is 0 Å². The van der Waals surface area contributed by atoms with Crippen LogP contribution in [0.1, 0.15) is 21.5 Å². The predicted octanol–water partition coefficient (Wildman–Crippen LogP) is 4.47. The van der Waals surface area contributed by atoms with Gasteiger partial charge in [-0.05, 0) is 41.8 Å². The molecule has 3 aromatic carbocycles. The Hall–Kier alpha value is -3.07. The number of hydrogen-bond donors (Lipinski definition) is 0. The maximum absolute atomic E-state index is 12.9. The van der Waals surface area contributed by atoms with Crippen LogP contribution in [0.4, 0.5) is 5.69 Å². The molecule has 1 heterocycles. The number of fused-ring (bicyclic) bond motifs is 1. The predicted molar refractivity (Wildman–Crippen MR) is 99.0 cm³/mol. The van der Waals surface area contributed by atoms with E-state index in [9.17, 15) is 4.79 Å². The zero-order valence-corrected chi connectivity index (χ0v) is 13.9. The number of anilines is 1. The molecule has 0 saturated heterocycles. The molecule has 0 N–H and O–H groups in total. The lowest BCUT2D eigenvalue weighted by Gasteiger charge is -2.18. The molecule has 0 aliphatic carbocycles. The lowest BCUT2D eigenvalue weighted by Crippen LogP contribution is -2.28. The molecule has 124 valence electrons. The van der Waals surface area contributed by atoms with Crippen LogP contribution in [-0.2, 0) is 13.0 Å². The van der Waals surface area contributed by atoms with E-state index in [-0.39, 0.29) is 5.91 Å². The van der Waals surface area contributed by atoms with Crippen molar-refractivity contribution in [2.75, 3.05) is 11.4 Å². The topological polar surface area (TPSA) is 29.5 Å². The number of ether oxygens (including phenoxy) is 1. The van der Waals surface area contributed by atoms with Crippen molar-refractivity contribution in [3.63, 3.8) is 0 Å². The summed E-state index contributed by atoms with van der Waals surface area (Å²) in [5.74, 6) is 0.734. The Kier molecular flexibility index (Phi) is 4.21. The number of nitrogens with zero attached hydrogens (tertiary/aromatic N) is 1. The molecule has 0 bridgehead atoms. The molecule has 1 amide bonds. The fourth-order valence-electron chi connectivity index (χ4n) is 3.16. The Balaban J connectivity index is 1.51. The first-order valence-corrected chi connectivity index (χ1v) is 8.48. The maximum Gasteiger partial charge on any atom is 0.258 e. The first-order chi connectivity index (χ1) is 12.3. The highest BCUT2D eigenvalue weighted by molar-refractivity contribution is 6.07. The summed E-state index contributed by atoms with van der Waals surface area (Å²) in [5, 5.41) is 0. The monoisotopic (exact) mass is 329 g/mol. The van der Waals surface area contributed by atoms with Crippen molar-refractivity contribution in [1.82, 2.24) is 0 Å². The van der Waals surface area contributed by atoms with Crippen LogP contribution in [-0.4, -0.2) is 12.5 Å². The van der Waals surface area contributed by atoms with Gasteiger partial charge in [0.25, 0.3) is 5.91 Å². The van der Waals surface area contributed by atoms with E-state index < -0.39 is 0 Å². The highest BCUT2D eigenvalue weighted by Gasteiger charge is 2.25. The summed E-state index contributed by atoms with van der Waals surface area (Å²) in [5.41, 5.74) is 4.01. The fourth-order valence-corrected chi connectivity index (χ4v) is 3.16. The van der Waals surface area contributed by atoms with Gasteiger partial charge in [0, 0.05) is 17.8 Å². The zero-order chi connectivity index (χ0) is 17.1. The molecule has 3 aromatic rings. The molecule has 3 heteroatoms. The Labute approximate surface area is 147 Å². The number of benzene rings is 3. The van der Waals surface area contributed by atoms with Gasteiger partial charge in [-0.1, -0.05) is 54.6 Å². The van der Waals surface area contributed by atoms with Crippen molar-refractivity contribution >= 4 is 11.6 Å². The zero-order valence-electron chi connectivity index (χ0n) is 13.9. The second-order valence-corrected chi connectivity index (χ2v) is 6.14. The number of para-hydroxylation sites is 1. The van der Waals surface area contributed by atoms with E-state index in [4.69, 9.17) is 4.74 Å². The normalized spacial score (nSPS) is 12.7. The average molecular weight is 329 g/mol. The summed E-state index contributed by atoms with van der Waals surface area (Å²) in [7, 11) is 0. The van der Waals surface area contributed by atoms with Gasteiger partial charge in [-0.25, -0.2) is 0 Å². The number of rotatable bonds is 4. The Bertz CT molecular complexity index is 889. The molecule has 0 spiro atoms. The summed E-state index contributed by atoms with van der Waals surface area (Å²) in [6, 6.07) is 25.5. The summed E-state index contributed by atoms with van der Waals surface area (Å²) < 4.78 is 5.84. The third-order valence-electron chi connectivity index (χ3n) is 4.46. The Morgan fingerprint density at radius 2 is 1.72 bits per heavy atom. The molecular weight excluding hydrogens is 310 g/mol. The van der Waals surface area contributed by atoms with Crippen molar-refractivity contribution in [2.24, 2.45) is 0 Å². The van der Waals surface area contributed by atoms with Crippen molar-refractivity contribution in [1.29, 1.82) is 0 Å². The molecule has 25 heavy (non-hydrogen) atoms. The van der Waals surface area contributed by atoms with E-state index in [1.165, 1.54) is 5.56 Å². The largest absolute Gasteiger partial charge is 0.489 e. The molecule has 0 atom stereocenters. The van der Waals surface area contributed by atoms with Crippen LogP contribution < -0.4 is 9.64 Å². The van der Waals surface area contributed by atoms with Gasteiger partial charge >= 0.3 is 0 Å². The van der Waals surface area contributed by atoms with Crippen molar-refractivity contribution < 1.29 is 9.53 Å². The third-order valence-corrected chi connectivity index (χ3v) is 4.46. The Morgan fingerprint density at radius 3 is 2.60 bits per heavy atom. The highest BCUT2D eigenvalue weighted by atomic mass is 16.5. The second-order valence-electron chi connectivity index (χ2n) is 6.14. The highest BCUT2D eigenvalue weighted by Crippen LogP contribution is 2.29. The quantitative estimate of drug-likeness (QED) is 0.707. The molecule has 0 aromatic heterocycles. The summed E-state index contributed by atoms with van der Waals surface area (Å²) in [6.07, 6.45) is 0.909. The van der Waals surface area contributed by atoms with Gasteiger partial charge < -0.3 is 9.64 Å². The van der Waals surface area contributed by atoms with Crippen molar-refractivity contribution in [3.05, 3.63) is 95.6 Å². The molecule has 1 aliphatic rings. The van der Waals surface area contributed by atoms with Gasteiger partial charge in [0.15, 0.2) is 0 Å². The molecule has 0 fully saturated rings. The van der Waals surface area contributed by atoms with E-state index in [0.717, 1.165) is 24.2 Å². The lowest BCUT2D eigenvalue weighted by molar-refractivity contribution is 0.0989. The number of carbonyl (C=O) groups excluding carboxylic acids is 1. The van der Waals surface area contributed by atoms with Crippen LogP contribution in [0.3, 0.4) is 0 Å². The molecule has 3 nitrogen and oxygen atoms in total. The summed E-state index contributed by atoms with van der Waals surface area (Å²) in [4.78, 5) is 14.8. The molecule has 0 radical (unpaired) electrons. The van der Waals surface area contributed by atoms with Crippen molar-refractivity contribution in [2.45, 2.75) is 13.0 Å². The van der Waals surface area contributed by atoms with Crippen LogP contribution >= 0.6 is 0 Å². The molecular formula is C22H19NO2. The maximum atomic E-state index is 12.9. The van der Waals surface area contributed by atoms with Crippen LogP contribution in [0.5, 0.6) is 5.75 Å². The minimum absolute atomic E-state index is 0.0233. The third kappa shape index (κ3) is 3.26. The van der Waals surface area contributed by atoms with Gasteiger partial charge in [-0.15, -0.1) is 0 Å². The minimum Gasteiger partial charge on any atom is -0.489 e. The minimum atomic E-state index is 0.0233. The van der Waals surface area contributed by atoms with Crippen molar-refractivity contribution in [3.8, 4) is 5.75 Å².